The fourth-order valence-corrected chi connectivity index (χ4v) is 1.28. The third-order valence-corrected chi connectivity index (χ3v) is 1.90. The van der Waals surface area contributed by atoms with Gasteiger partial charge >= 0.3 is 0 Å². The van der Waals surface area contributed by atoms with Crippen LogP contribution in [-0.2, 0) is 0 Å². The molecule has 5 nitrogen and oxygen atoms in total. The number of hydrogen-bond donors (Lipinski definition) is 1. The van der Waals surface area contributed by atoms with E-state index in [2.05, 4.69) is 15.0 Å². The van der Waals surface area contributed by atoms with Crippen LogP contribution in [-0.4, -0.2) is 10.9 Å². The van der Waals surface area contributed by atoms with Gasteiger partial charge in [-0.25, -0.2) is 0 Å². The maximum Gasteiger partial charge on any atom is 0.265 e. The van der Waals surface area contributed by atoms with Crippen molar-refractivity contribution in [3.8, 4) is 0 Å². The Morgan fingerprint density at radius 2 is 2.21 bits per heavy atom. The lowest BCUT2D eigenvalue weighted by atomic mass is 10.2. The van der Waals surface area contributed by atoms with E-state index in [-0.39, 0.29) is 0 Å². The van der Waals surface area contributed by atoms with Gasteiger partial charge in [-0.3, -0.25) is 4.79 Å². The Bertz CT molecular complexity index is 503. The van der Waals surface area contributed by atoms with Crippen LogP contribution in [0.4, 0.5) is 0 Å². The second-order valence-corrected chi connectivity index (χ2v) is 2.76. The minimum Gasteiger partial charge on any atom is -0.352 e. The molecule has 1 aromatic heterocycles. The average molecular weight is 186 g/mol. The summed E-state index contributed by atoms with van der Waals surface area (Å²) in [7, 11) is 0. The smallest absolute Gasteiger partial charge is 0.265 e. The van der Waals surface area contributed by atoms with Gasteiger partial charge in [-0.1, -0.05) is 18.2 Å². The van der Waals surface area contributed by atoms with Gasteiger partial charge in [-0.05, 0) is 22.8 Å². The first-order valence-corrected chi connectivity index (χ1v) is 3.98. The fraction of sp³-hybridized carbons (Fsp3) is 0. The van der Waals surface area contributed by atoms with E-state index >= 15 is 0 Å². The van der Waals surface area contributed by atoms with E-state index < -0.39 is 5.91 Å². The van der Waals surface area contributed by atoms with Crippen LogP contribution in [0.15, 0.2) is 35.4 Å². The lowest BCUT2D eigenvalue weighted by Gasteiger charge is -1.85. The molecule has 5 heteroatoms. The Kier molecular flexibility index (Phi) is 1.93. The topological polar surface area (TPSA) is 81.6 Å². The summed E-state index contributed by atoms with van der Waals surface area (Å²) in [5.41, 5.74) is 9.26. The van der Waals surface area contributed by atoms with Crippen molar-refractivity contribution in [3.63, 3.8) is 0 Å². The van der Waals surface area contributed by atoms with Crippen LogP contribution in [0.5, 0.6) is 0 Å². The molecule has 0 atom stereocenters. The van der Waals surface area contributed by atoms with Crippen molar-refractivity contribution in [2.45, 2.75) is 0 Å². The third-order valence-electron chi connectivity index (χ3n) is 1.90. The number of H-pyrrole nitrogens is 1. The Labute approximate surface area is 79.0 Å². The zero-order chi connectivity index (χ0) is 9.97. The number of carbonyl (C=O) groups excluding carboxylic acids is 1. The van der Waals surface area contributed by atoms with Gasteiger partial charge in [0.25, 0.3) is 5.91 Å². The van der Waals surface area contributed by atoms with Gasteiger partial charge in [0.05, 0.1) is 5.69 Å². The van der Waals surface area contributed by atoms with Crippen LogP contribution in [0.25, 0.3) is 21.3 Å². The number of para-hydroxylation sites is 1. The van der Waals surface area contributed by atoms with Crippen molar-refractivity contribution in [1.29, 1.82) is 0 Å². The first kappa shape index (κ1) is 8.34. The van der Waals surface area contributed by atoms with Crippen molar-refractivity contribution in [3.05, 3.63) is 46.5 Å². The van der Waals surface area contributed by atoms with E-state index in [1.165, 1.54) is 0 Å². The van der Waals surface area contributed by atoms with Crippen molar-refractivity contribution in [2.24, 2.45) is 5.11 Å². The summed E-state index contributed by atoms with van der Waals surface area (Å²) in [5, 5.41) is 3.92. The summed E-state index contributed by atoms with van der Waals surface area (Å²) < 4.78 is 0. The summed E-state index contributed by atoms with van der Waals surface area (Å²) in [6.45, 7) is 0. The van der Waals surface area contributed by atoms with Crippen molar-refractivity contribution < 1.29 is 4.79 Å². The lowest BCUT2D eigenvalue weighted by Crippen LogP contribution is -1.91. The number of aromatic amines is 1. The number of aromatic nitrogens is 1. The predicted molar refractivity (Wildman–Crippen MR) is 51.8 cm³/mol. The molecule has 0 unspecified atom stereocenters. The fourth-order valence-electron chi connectivity index (χ4n) is 1.28. The molecular weight excluding hydrogens is 180 g/mol. The van der Waals surface area contributed by atoms with Gasteiger partial charge < -0.3 is 4.98 Å². The molecule has 68 valence electrons. The highest BCUT2D eigenvalue weighted by Gasteiger charge is 2.06. The highest BCUT2D eigenvalue weighted by atomic mass is 16.1. The number of nitrogens with zero attached hydrogens (tertiary/aromatic N) is 3. The number of nitrogens with one attached hydrogen (secondary N) is 1. The van der Waals surface area contributed by atoms with E-state index in [0.717, 1.165) is 10.9 Å². The number of carbonyl (C=O) groups is 1. The van der Waals surface area contributed by atoms with Crippen LogP contribution in [0.2, 0.25) is 0 Å². The van der Waals surface area contributed by atoms with Crippen molar-refractivity contribution >= 4 is 16.8 Å². The predicted octanol–water partition coefficient (Wildman–Crippen LogP) is 2.62. The zero-order valence-corrected chi connectivity index (χ0v) is 7.14. The maximum absolute atomic E-state index is 11.2. The average Bonchev–Trinajstić information content (AvgIpc) is 2.61. The minimum atomic E-state index is -0.594. The van der Waals surface area contributed by atoms with Gasteiger partial charge in [-0.15, -0.1) is 0 Å². The van der Waals surface area contributed by atoms with E-state index in [4.69, 9.17) is 5.53 Å². The van der Waals surface area contributed by atoms with E-state index in [1.54, 1.807) is 6.07 Å². The number of benzene rings is 1. The summed E-state index contributed by atoms with van der Waals surface area (Å²) in [6, 6.07) is 9.12. The van der Waals surface area contributed by atoms with Gasteiger partial charge in [0, 0.05) is 15.8 Å². The number of fused-ring (bicyclic) bond motifs is 1. The molecule has 1 amide bonds. The normalized spacial score (nSPS) is 9.71. The Morgan fingerprint density at radius 3 is 2.93 bits per heavy atom. The van der Waals surface area contributed by atoms with Gasteiger partial charge in [0.15, 0.2) is 0 Å². The number of azide groups is 1. The molecule has 2 aromatic rings. The Hall–Kier alpha value is -2.26. The van der Waals surface area contributed by atoms with Gasteiger partial charge in [-0.2, -0.15) is 0 Å². The third kappa shape index (κ3) is 1.32. The lowest BCUT2D eigenvalue weighted by molar-refractivity contribution is 0.0996. The molecule has 0 radical (unpaired) electrons. The van der Waals surface area contributed by atoms with Crippen LogP contribution in [0.1, 0.15) is 10.5 Å². The summed E-state index contributed by atoms with van der Waals surface area (Å²) in [4.78, 5) is 16.5. The number of hydrogen-bond acceptors (Lipinski definition) is 1. The minimum absolute atomic E-state index is 0.309. The molecule has 0 fully saturated rings. The second kappa shape index (κ2) is 3.24. The molecule has 0 saturated carbocycles. The summed E-state index contributed by atoms with van der Waals surface area (Å²) in [5.74, 6) is -0.594. The van der Waals surface area contributed by atoms with Crippen LogP contribution < -0.4 is 0 Å². The van der Waals surface area contributed by atoms with E-state index in [9.17, 15) is 4.79 Å². The second-order valence-electron chi connectivity index (χ2n) is 2.76. The molecule has 0 aliphatic rings. The molecule has 14 heavy (non-hydrogen) atoms. The molecule has 1 aromatic carbocycles. The molecule has 0 bridgehead atoms. The number of amides is 1. The summed E-state index contributed by atoms with van der Waals surface area (Å²) in [6.07, 6.45) is 0. The molecule has 0 aliphatic carbocycles. The van der Waals surface area contributed by atoms with Crippen LogP contribution in [0.3, 0.4) is 0 Å². The zero-order valence-electron chi connectivity index (χ0n) is 7.14. The molecular formula is C9H6N4O. The van der Waals surface area contributed by atoms with Crippen molar-refractivity contribution in [2.75, 3.05) is 0 Å². The molecule has 1 heterocycles. The molecule has 0 aliphatic heterocycles. The van der Waals surface area contributed by atoms with Crippen molar-refractivity contribution in [1.82, 2.24) is 4.98 Å². The molecule has 2 rings (SSSR count). The highest BCUT2D eigenvalue weighted by Crippen LogP contribution is 2.14. The van der Waals surface area contributed by atoms with Crippen LogP contribution in [0, 0.1) is 0 Å². The van der Waals surface area contributed by atoms with E-state index in [1.807, 2.05) is 24.3 Å². The van der Waals surface area contributed by atoms with Gasteiger partial charge in [0.1, 0.15) is 0 Å². The molecule has 1 N–H and O–H groups in total. The SMILES string of the molecule is [N-]=[N+]=NC(=O)c1cc2ccccc2[nH]1. The summed E-state index contributed by atoms with van der Waals surface area (Å²) >= 11 is 0. The molecule has 0 saturated heterocycles. The maximum atomic E-state index is 11.2. The monoisotopic (exact) mass is 186 g/mol. The quantitative estimate of drug-likeness (QED) is 0.414. The Morgan fingerprint density at radius 1 is 1.43 bits per heavy atom. The first-order valence-electron chi connectivity index (χ1n) is 3.98. The Balaban J connectivity index is 2.55. The number of rotatable bonds is 1. The highest BCUT2D eigenvalue weighted by molar-refractivity contribution is 5.98. The van der Waals surface area contributed by atoms with E-state index in [0.29, 0.717) is 5.69 Å². The standard InChI is InChI=1S/C9H6N4O/c10-13-12-9(14)8-5-6-3-1-2-4-7(6)11-8/h1-5,11H. The first-order chi connectivity index (χ1) is 6.81. The largest absolute Gasteiger partial charge is 0.352 e. The van der Waals surface area contributed by atoms with Gasteiger partial charge in [0.2, 0.25) is 0 Å². The van der Waals surface area contributed by atoms with Crippen LogP contribution >= 0.6 is 0 Å². The molecule has 0 spiro atoms.